The maximum Gasteiger partial charge on any atom is 0.470 e. The van der Waals surface area contributed by atoms with Crippen LogP contribution in [0.1, 0.15) is 101 Å². The molecule has 0 bridgehead atoms. The number of carbonyl (C=O) groups excluding carboxylic acids is 2. The van der Waals surface area contributed by atoms with Crippen LogP contribution in [0.15, 0.2) is 93.3 Å². The van der Waals surface area contributed by atoms with Crippen LogP contribution in [0.5, 0.6) is 0 Å². The SMILES string of the molecule is COCCN1/C(=C/C=C/C=C/C2=[N+](CCCCCC(=O)NCCOCCOCCOCCOCCC(=O)NCCCc3cn([C@@H]4O[C@H](COP(=O)(O)O)[C@H](OP(=O)(O)O)C4O)c(=O)nc3N)c3ccc(S(=O)(=O)[O-])cc3C2(C)CCCS(=O)(=O)[O-])C(C)(CCCS(=O)(=O)[O-])c2cc(S(=O)(=O)[O-])ccc21. The normalized spacial score (nSPS) is 20.7. The Balaban J connectivity index is 0.911. The fourth-order valence-corrected chi connectivity index (χ4v) is 15.1. The molecule has 1 fully saturated rings. The zero-order valence-corrected chi connectivity index (χ0v) is 62.2. The molecule has 104 heavy (non-hydrogen) atoms. The molecule has 0 radical (unpaired) electrons. The van der Waals surface area contributed by atoms with Crippen molar-refractivity contribution >= 4 is 90.8 Å². The third kappa shape index (κ3) is 26.9. The van der Waals surface area contributed by atoms with Crippen LogP contribution in [-0.2, 0) is 114 Å². The zero-order chi connectivity index (χ0) is 76.9. The number of aliphatic hydroxyl groups excluding tert-OH is 1. The number of hydrogen-bond acceptors (Lipinski definition) is 29. The number of aryl methyl sites for hydroxylation is 1. The molecule has 0 aliphatic carbocycles. The van der Waals surface area contributed by atoms with Gasteiger partial charge >= 0.3 is 21.3 Å². The Hall–Kier alpha value is -5.67. The molecule has 1 aromatic heterocycles. The summed E-state index contributed by atoms with van der Waals surface area (Å²) in [6.45, 7) is 5.27. The van der Waals surface area contributed by atoms with Crippen molar-refractivity contribution in [2.75, 3.05) is 121 Å². The Labute approximate surface area is 602 Å². The number of aromatic nitrogens is 2. The Morgan fingerprint density at radius 1 is 0.712 bits per heavy atom. The third-order valence-corrected chi connectivity index (χ3v) is 21.3. The van der Waals surface area contributed by atoms with E-state index in [1.807, 2.05) is 9.48 Å². The van der Waals surface area contributed by atoms with E-state index in [0.717, 1.165) is 4.57 Å². The van der Waals surface area contributed by atoms with Crippen LogP contribution in [0.25, 0.3) is 0 Å². The number of anilines is 2. The summed E-state index contributed by atoms with van der Waals surface area (Å²) in [7, 11) is -28.1. The lowest BCUT2D eigenvalue weighted by molar-refractivity contribution is -0.438. The van der Waals surface area contributed by atoms with Gasteiger partial charge in [0.1, 0.15) is 50.9 Å². The summed E-state index contributed by atoms with van der Waals surface area (Å²) >= 11 is 0. The number of nitrogen functional groups attached to an aromatic ring is 1. The first-order valence-electron chi connectivity index (χ1n) is 32.7. The number of nitrogens with one attached hydrogen (secondary N) is 2. The number of amides is 2. The first-order chi connectivity index (χ1) is 48.7. The van der Waals surface area contributed by atoms with Gasteiger partial charge in [0.05, 0.1) is 102 Å². The van der Waals surface area contributed by atoms with Crippen LogP contribution in [0.3, 0.4) is 0 Å². The lowest BCUT2D eigenvalue weighted by Gasteiger charge is -2.30. The Kier molecular flexibility index (Phi) is 32.7. The van der Waals surface area contributed by atoms with Crippen LogP contribution >= 0.6 is 15.6 Å². The molecule has 37 nitrogen and oxygen atoms in total. The van der Waals surface area contributed by atoms with Crippen molar-refractivity contribution in [1.82, 2.24) is 20.2 Å². The summed E-state index contributed by atoms with van der Waals surface area (Å²) in [6.07, 6.45) is 4.34. The number of hydrogen-bond donors (Lipinski definition) is 8. The molecular formula is C61H88N7O30P2S4-3. The number of unbranched alkanes of at least 4 members (excludes halogenated alkanes) is 2. The number of rotatable bonds is 47. The summed E-state index contributed by atoms with van der Waals surface area (Å²) in [5, 5.41) is 16.3. The molecule has 3 aliphatic heterocycles. The highest BCUT2D eigenvalue weighted by Gasteiger charge is 2.51. The van der Waals surface area contributed by atoms with Gasteiger partial charge in [0.15, 0.2) is 11.9 Å². The predicted octanol–water partition coefficient (Wildman–Crippen LogP) is 0.789. The lowest BCUT2D eigenvalue weighted by atomic mass is 9.76. The second-order valence-corrected chi connectivity index (χ2v) is 32.9. The molecule has 584 valence electrons. The van der Waals surface area contributed by atoms with Crippen molar-refractivity contribution in [2.45, 2.75) is 130 Å². The van der Waals surface area contributed by atoms with Crippen molar-refractivity contribution in [3.05, 3.63) is 106 Å². The molecule has 3 aromatic rings. The number of aliphatic hydroxyl groups is 1. The van der Waals surface area contributed by atoms with Crippen LogP contribution in [0, 0.1) is 0 Å². The largest absolute Gasteiger partial charge is 0.748 e. The molecule has 3 unspecified atom stereocenters. The zero-order valence-electron chi connectivity index (χ0n) is 57.2. The number of ether oxygens (including phenoxy) is 6. The minimum absolute atomic E-state index is 0.0212. The number of carbonyl (C=O) groups is 2. The van der Waals surface area contributed by atoms with Gasteiger partial charge in [-0.05, 0) is 107 Å². The van der Waals surface area contributed by atoms with Gasteiger partial charge in [0.25, 0.3) is 0 Å². The number of fused-ring (bicyclic) bond motifs is 2. The maximum absolute atomic E-state index is 12.8. The van der Waals surface area contributed by atoms with Crippen molar-refractivity contribution in [3.8, 4) is 0 Å². The van der Waals surface area contributed by atoms with Gasteiger partial charge in [-0.25, -0.2) is 47.6 Å². The molecule has 4 heterocycles. The second-order valence-electron chi connectivity index (χ2n) is 24.7. The Bertz CT molecular complexity index is 4230. The average molecular weight is 1590 g/mol. The summed E-state index contributed by atoms with van der Waals surface area (Å²) in [5.74, 6) is -2.19. The molecule has 6 rings (SSSR count). The van der Waals surface area contributed by atoms with Crippen LogP contribution < -0.4 is 27.0 Å². The fraction of sp³-hybridized carbons (Fsp3) is 0.590. The second kappa shape index (κ2) is 38.9. The number of phosphoric ester groups is 2. The molecule has 0 spiro atoms. The van der Waals surface area contributed by atoms with Crippen LogP contribution in [0.2, 0.25) is 0 Å². The first kappa shape index (κ1) is 87.2. The van der Waals surface area contributed by atoms with E-state index in [0.29, 0.717) is 66.1 Å². The molecule has 2 aromatic carbocycles. The van der Waals surface area contributed by atoms with E-state index in [-0.39, 0.29) is 147 Å². The average Bonchev–Trinajstić information content (AvgIpc) is 1.58. The molecular weight excluding hydrogens is 1500 g/mol. The monoisotopic (exact) mass is 1590 g/mol. The van der Waals surface area contributed by atoms with Crippen LogP contribution in [0.4, 0.5) is 17.2 Å². The number of methoxy groups -OCH3 is 1. The van der Waals surface area contributed by atoms with Gasteiger partial charge in [-0.15, -0.1) is 0 Å². The number of nitrogens with two attached hydrogens (primary N) is 1. The van der Waals surface area contributed by atoms with Crippen molar-refractivity contribution in [3.63, 3.8) is 0 Å². The Morgan fingerprint density at radius 3 is 1.88 bits per heavy atom. The molecule has 1 saturated heterocycles. The van der Waals surface area contributed by atoms with Gasteiger partial charge in [0, 0.05) is 104 Å². The molecule has 2 amide bonds. The summed E-state index contributed by atoms with van der Waals surface area (Å²) in [5.41, 5.74) is 5.81. The first-order valence-corrected chi connectivity index (χ1v) is 41.7. The summed E-state index contributed by atoms with van der Waals surface area (Å²) in [6, 6.07) is 7.77. The number of benzene rings is 2. The number of allylic oxidation sites excluding steroid dienone is 6. The highest BCUT2D eigenvalue weighted by atomic mass is 32.2. The van der Waals surface area contributed by atoms with Gasteiger partial charge < -0.3 is 92.6 Å². The van der Waals surface area contributed by atoms with E-state index in [1.54, 1.807) is 44.2 Å². The van der Waals surface area contributed by atoms with E-state index in [1.165, 1.54) is 49.7 Å². The van der Waals surface area contributed by atoms with Crippen molar-refractivity contribution in [1.29, 1.82) is 0 Å². The lowest BCUT2D eigenvalue weighted by Crippen LogP contribution is -2.38. The number of nitrogens with zero attached hydrogens (tertiary/aromatic N) is 4. The van der Waals surface area contributed by atoms with Crippen molar-refractivity contribution < 1.29 is 137 Å². The van der Waals surface area contributed by atoms with E-state index in [4.69, 9.17) is 43.9 Å². The van der Waals surface area contributed by atoms with Gasteiger partial charge in [-0.2, -0.15) is 9.56 Å². The van der Waals surface area contributed by atoms with E-state index < -0.39 is 125 Å². The van der Waals surface area contributed by atoms with E-state index in [9.17, 15) is 90.3 Å². The minimum Gasteiger partial charge on any atom is -0.748 e. The summed E-state index contributed by atoms with van der Waals surface area (Å²) < 4.78 is 212. The van der Waals surface area contributed by atoms with Crippen LogP contribution in [-0.4, -0.2) is 237 Å². The van der Waals surface area contributed by atoms with E-state index in [2.05, 4.69) is 24.7 Å². The van der Waals surface area contributed by atoms with E-state index >= 15 is 0 Å². The molecule has 43 heteroatoms. The summed E-state index contributed by atoms with van der Waals surface area (Å²) in [4.78, 5) is 79.3. The highest BCUT2D eigenvalue weighted by Crippen LogP contribution is 2.52. The number of phosphoric acid groups is 2. The van der Waals surface area contributed by atoms with Gasteiger partial charge in [0.2, 0.25) is 17.5 Å². The molecule has 0 saturated carbocycles. The maximum atomic E-state index is 12.8. The fourth-order valence-electron chi connectivity index (χ4n) is 12.2. The molecule has 9 N–H and O–H groups in total. The minimum atomic E-state index is -5.29. The van der Waals surface area contributed by atoms with Crippen molar-refractivity contribution in [2.24, 2.45) is 0 Å². The molecule has 3 aliphatic rings. The quantitative estimate of drug-likeness (QED) is 0.0127. The van der Waals surface area contributed by atoms with Gasteiger partial charge in [-0.1, -0.05) is 18.2 Å². The molecule has 6 atom stereocenters. The third-order valence-electron chi connectivity index (χ3n) is 17.1. The van der Waals surface area contributed by atoms with Gasteiger partial charge in [-0.3, -0.25) is 23.2 Å². The standard InChI is InChI=1S/C61H91N7O30P2S4/c1-60(22-11-37-101(79,80)81)46-39-44(103(85,86)87)17-19-48(46)66(51(60)14-6-4-7-15-52-61(2,23-12-38-102(82,83)84)47-40-45(104(88,89)90)18-20-49(47)67(52)27-30-91-3)26-9-5-8-16-53(69)64-25-29-93-32-34-95-36-35-94-33-31-92-28-21-54(70)63-24-10-13-43-41-68(59(72)65-57(43)62)58-55(71)56(98-100(76,77)78)50(97-58)42-96-99(73,74)75/h4,6-7,14-15,17-20,39-41,50,55-56,58,71H,5,8-13,16,21-38,42H2,1-3H3,(H11-,62,63,64,65,69,70,72,73,74,75,76,77,78,79,80,81,82,83,84,85,86,87,88,89,90)/p-3/t50-,55?,56+,58-,60?,61?/m1/s1. The smallest absolute Gasteiger partial charge is 0.470 e. The Morgan fingerprint density at radius 2 is 1.29 bits per heavy atom. The predicted molar refractivity (Wildman–Crippen MR) is 365 cm³/mol. The highest BCUT2D eigenvalue weighted by molar-refractivity contribution is 7.86. The topological polar surface area (TPSA) is 563 Å².